The molecule has 0 spiro atoms. The van der Waals surface area contributed by atoms with Gasteiger partial charge in [0.25, 0.3) is 0 Å². The SMILES string of the molecule is CCCCCO[Si](C)C. The fourth-order valence-corrected chi connectivity index (χ4v) is 1.18. The molecule has 0 aromatic rings. The summed E-state index contributed by atoms with van der Waals surface area (Å²) in [6.07, 6.45) is 3.85. The second-order valence-electron chi connectivity index (χ2n) is 2.46. The quantitative estimate of drug-likeness (QED) is 0.426. The van der Waals surface area contributed by atoms with E-state index in [1.165, 1.54) is 19.3 Å². The highest BCUT2D eigenvalue weighted by atomic mass is 28.3. The first-order chi connectivity index (χ1) is 4.27. The summed E-state index contributed by atoms with van der Waals surface area (Å²) in [7, 11) is -0.415. The van der Waals surface area contributed by atoms with Crippen LogP contribution >= 0.6 is 0 Å². The molecule has 0 aliphatic heterocycles. The molecule has 55 valence electrons. The highest BCUT2D eigenvalue weighted by Crippen LogP contribution is 1.95. The van der Waals surface area contributed by atoms with Crippen LogP contribution in [0.4, 0.5) is 0 Å². The lowest BCUT2D eigenvalue weighted by atomic mass is 10.3. The molecule has 0 N–H and O–H groups in total. The first kappa shape index (κ1) is 9.18. The summed E-state index contributed by atoms with van der Waals surface area (Å²) in [5, 5.41) is 0. The van der Waals surface area contributed by atoms with Crippen molar-refractivity contribution in [3.05, 3.63) is 0 Å². The molecule has 0 saturated heterocycles. The minimum absolute atomic E-state index is 0.415. The molecule has 0 saturated carbocycles. The Kier molecular flexibility index (Phi) is 6.42. The second kappa shape index (κ2) is 6.30. The molecule has 0 rings (SSSR count). The molecule has 1 radical (unpaired) electrons. The van der Waals surface area contributed by atoms with Gasteiger partial charge in [-0.25, -0.2) is 0 Å². The lowest BCUT2D eigenvalue weighted by Crippen LogP contribution is -2.08. The van der Waals surface area contributed by atoms with Crippen LogP contribution in [-0.2, 0) is 4.43 Å². The maximum absolute atomic E-state index is 5.45. The molecule has 2 heteroatoms. The van der Waals surface area contributed by atoms with Gasteiger partial charge in [0.1, 0.15) is 0 Å². The van der Waals surface area contributed by atoms with Gasteiger partial charge in [-0.15, -0.1) is 0 Å². The van der Waals surface area contributed by atoms with Crippen molar-refractivity contribution in [2.24, 2.45) is 0 Å². The topological polar surface area (TPSA) is 9.23 Å². The molecule has 0 fully saturated rings. The fourth-order valence-electron chi connectivity index (χ4n) is 0.628. The van der Waals surface area contributed by atoms with Crippen molar-refractivity contribution in [3.8, 4) is 0 Å². The second-order valence-corrected chi connectivity index (χ2v) is 4.57. The highest BCUT2D eigenvalue weighted by Gasteiger charge is 1.93. The predicted octanol–water partition coefficient (Wildman–Crippen LogP) is 2.44. The standard InChI is InChI=1S/C7H17OSi/c1-4-5-6-7-8-9(2)3/h4-7H2,1-3H3. The van der Waals surface area contributed by atoms with Gasteiger partial charge in [-0.1, -0.05) is 19.8 Å². The molecule has 0 amide bonds. The molecule has 0 aliphatic rings. The zero-order valence-electron chi connectivity index (χ0n) is 6.74. The van der Waals surface area contributed by atoms with Gasteiger partial charge in [0.2, 0.25) is 9.04 Å². The van der Waals surface area contributed by atoms with E-state index < -0.39 is 9.04 Å². The summed E-state index contributed by atoms with van der Waals surface area (Å²) in [5.74, 6) is 0. The molecular weight excluding hydrogens is 128 g/mol. The van der Waals surface area contributed by atoms with Crippen LogP contribution in [0.5, 0.6) is 0 Å². The summed E-state index contributed by atoms with van der Waals surface area (Å²) in [6, 6.07) is 0. The third kappa shape index (κ3) is 8.18. The van der Waals surface area contributed by atoms with Crippen molar-refractivity contribution in [2.75, 3.05) is 6.61 Å². The molecule has 9 heavy (non-hydrogen) atoms. The van der Waals surface area contributed by atoms with Gasteiger partial charge in [-0.2, -0.15) is 0 Å². The normalized spacial score (nSPS) is 10.7. The molecule has 0 atom stereocenters. The van der Waals surface area contributed by atoms with Crippen LogP contribution in [0.3, 0.4) is 0 Å². The van der Waals surface area contributed by atoms with Crippen LogP contribution in [0.25, 0.3) is 0 Å². The third-order valence-corrected chi connectivity index (χ3v) is 1.92. The van der Waals surface area contributed by atoms with Crippen molar-refractivity contribution in [3.63, 3.8) is 0 Å². The number of hydrogen-bond acceptors (Lipinski definition) is 1. The van der Waals surface area contributed by atoms with E-state index in [0.29, 0.717) is 0 Å². The van der Waals surface area contributed by atoms with E-state index in [0.717, 1.165) is 6.61 Å². The van der Waals surface area contributed by atoms with Crippen LogP contribution in [0.1, 0.15) is 26.2 Å². The molecule has 0 bridgehead atoms. The lowest BCUT2D eigenvalue weighted by Gasteiger charge is -2.03. The summed E-state index contributed by atoms with van der Waals surface area (Å²) < 4.78 is 5.45. The van der Waals surface area contributed by atoms with E-state index in [-0.39, 0.29) is 0 Å². The Morgan fingerprint density at radius 1 is 1.22 bits per heavy atom. The molecule has 0 unspecified atom stereocenters. The van der Waals surface area contributed by atoms with Gasteiger partial charge >= 0.3 is 0 Å². The van der Waals surface area contributed by atoms with Crippen molar-refractivity contribution in [2.45, 2.75) is 39.3 Å². The van der Waals surface area contributed by atoms with Crippen molar-refractivity contribution < 1.29 is 4.43 Å². The van der Waals surface area contributed by atoms with Crippen LogP contribution in [0.2, 0.25) is 13.1 Å². The average Bonchev–Trinajstić information content (AvgIpc) is 1.80. The Bertz CT molecular complexity index is 54.9. The molecule has 1 nitrogen and oxygen atoms in total. The van der Waals surface area contributed by atoms with Crippen molar-refractivity contribution in [1.29, 1.82) is 0 Å². The monoisotopic (exact) mass is 145 g/mol. The van der Waals surface area contributed by atoms with Gasteiger partial charge in [0.15, 0.2) is 0 Å². The average molecular weight is 145 g/mol. The van der Waals surface area contributed by atoms with Crippen LogP contribution < -0.4 is 0 Å². The van der Waals surface area contributed by atoms with Crippen molar-refractivity contribution in [1.82, 2.24) is 0 Å². The molecule has 0 aliphatic carbocycles. The van der Waals surface area contributed by atoms with Crippen molar-refractivity contribution >= 4 is 9.04 Å². The molecular formula is C7H17OSi. The molecule has 0 aromatic carbocycles. The van der Waals surface area contributed by atoms with E-state index in [9.17, 15) is 0 Å². The molecule has 0 heterocycles. The van der Waals surface area contributed by atoms with Gasteiger partial charge in [0.05, 0.1) is 0 Å². The van der Waals surface area contributed by atoms with E-state index in [1.54, 1.807) is 0 Å². The minimum atomic E-state index is -0.415. The maximum atomic E-state index is 5.45. The third-order valence-electron chi connectivity index (χ3n) is 1.14. The van der Waals surface area contributed by atoms with Crippen LogP contribution in [0.15, 0.2) is 0 Å². The number of rotatable bonds is 5. The maximum Gasteiger partial charge on any atom is 0.204 e. The summed E-state index contributed by atoms with van der Waals surface area (Å²) in [6.45, 7) is 7.55. The Labute approximate surface area is 60.1 Å². The Morgan fingerprint density at radius 3 is 2.33 bits per heavy atom. The van der Waals surface area contributed by atoms with Crippen LogP contribution in [-0.4, -0.2) is 15.6 Å². The van der Waals surface area contributed by atoms with E-state index in [1.807, 2.05) is 0 Å². The minimum Gasteiger partial charge on any atom is -0.417 e. The smallest absolute Gasteiger partial charge is 0.204 e. The predicted molar refractivity (Wildman–Crippen MR) is 43.0 cm³/mol. The number of hydrogen-bond donors (Lipinski definition) is 0. The highest BCUT2D eigenvalue weighted by molar-refractivity contribution is 6.48. The largest absolute Gasteiger partial charge is 0.417 e. The zero-order valence-corrected chi connectivity index (χ0v) is 7.74. The van der Waals surface area contributed by atoms with Gasteiger partial charge in [0, 0.05) is 6.61 Å². The van der Waals surface area contributed by atoms with Gasteiger partial charge < -0.3 is 4.43 Å². The Balaban J connectivity index is 2.75. The van der Waals surface area contributed by atoms with Gasteiger partial charge in [-0.05, 0) is 19.5 Å². The Hall–Kier alpha value is 0.177. The number of unbranched alkanes of at least 4 members (excludes halogenated alkanes) is 2. The fraction of sp³-hybridized carbons (Fsp3) is 1.00. The summed E-state index contributed by atoms with van der Waals surface area (Å²) in [5.41, 5.74) is 0. The zero-order chi connectivity index (χ0) is 7.11. The summed E-state index contributed by atoms with van der Waals surface area (Å²) in [4.78, 5) is 0. The van der Waals surface area contributed by atoms with E-state index in [4.69, 9.17) is 4.43 Å². The van der Waals surface area contributed by atoms with Gasteiger partial charge in [-0.3, -0.25) is 0 Å². The Morgan fingerprint density at radius 2 is 1.89 bits per heavy atom. The lowest BCUT2D eigenvalue weighted by molar-refractivity contribution is 0.314. The van der Waals surface area contributed by atoms with E-state index in [2.05, 4.69) is 20.0 Å². The first-order valence-corrected chi connectivity index (χ1v) is 6.11. The molecule has 0 aromatic heterocycles. The first-order valence-electron chi connectivity index (χ1n) is 3.70. The van der Waals surface area contributed by atoms with E-state index >= 15 is 0 Å². The summed E-state index contributed by atoms with van der Waals surface area (Å²) >= 11 is 0. The van der Waals surface area contributed by atoms with Crippen LogP contribution in [0, 0.1) is 0 Å².